The minimum absolute atomic E-state index is 0.433. The van der Waals surface area contributed by atoms with Crippen LogP contribution < -0.4 is 5.32 Å². The minimum atomic E-state index is -0.505. The number of hydrogen-bond acceptors (Lipinski definition) is 4. The lowest BCUT2D eigenvalue weighted by atomic mass is 10.1. The Bertz CT molecular complexity index is 463. The van der Waals surface area contributed by atoms with E-state index in [0.717, 1.165) is 25.7 Å². The largest absolute Gasteiger partial charge is 0.457 e. The standard InChI is InChI=1S/C17H24NO4/c1-17(2,3)22-16(20)18-15-10-8-14(9-11-15)7-5-4-6-12-21-13-19/h8-11H,4-7,12H2,1-3H3,(H,18,20). The summed E-state index contributed by atoms with van der Waals surface area (Å²) in [5, 5.41) is 2.70. The second kappa shape index (κ2) is 9.07. The molecule has 1 aromatic rings. The van der Waals surface area contributed by atoms with Crippen molar-refractivity contribution in [3.63, 3.8) is 0 Å². The Balaban J connectivity index is 2.30. The molecule has 0 heterocycles. The average Bonchev–Trinajstić information content (AvgIpc) is 2.42. The van der Waals surface area contributed by atoms with E-state index in [1.54, 1.807) is 0 Å². The fourth-order valence-corrected chi connectivity index (χ4v) is 1.90. The normalized spacial score (nSPS) is 10.9. The number of benzene rings is 1. The molecule has 121 valence electrons. The maximum absolute atomic E-state index is 11.6. The van der Waals surface area contributed by atoms with E-state index in [4.69, 9.17) is 4.74 Å². The average molecular weight is 306 g/mol. The molecular weight excluding hydrogens is 282 g/mol. The van der Waals surface area contributed by atoms with Gasteiger partial charge in [0.25, 0.3) is 0 Å². The van der Waals surface area contributed by atoms with Crippen LogP contribution in [0.15, 0.2) is 24.3 Å². The number of nitrogens with one attached hydrogen (secondary N) is 1. The second-order valence-corrected chi connectivity index (χ2v) is 6.07. The zero-order chi connectivity index (χ0) is 16.4. The van der Waals surface area contributed by atoms with Crippen molar-refractivity contribution in [1.82, 2.24) is 0 Å². The molecule has 0 aliphatic carbocycles. The molecule has 1 rings (SSSR count). The molecule has 1 aromatic carbocycles. The van der Waals surface area contributed by atoms with E-state index in [9.17, 15) is 9.59 Å². The van der Waals surface area contributed by atoms with Crippen LogP contribution >= 0.6 is 0 Å². The molecule has 0 bridgehead atoms. The van der Waals surface area contributed by atoms with Gasteiger partial charge in [-0.15, -0.1) is 0 Å². The van der Waals surface area contributed by atoms with Gasteiger partial charge in [-0.05, 0) is 64.2 Å². The predicted octanol–water partition coefficient (Wildman–Crippen LogP) is 3.83. The van der Waals surface area contributed by atoms with Gasteiger partial charge < -0.3 is 9.47 Å². The first-order chi connectivity index (χ1) is 10.4. The molecule has 0 aromatic heterocycles. The highest BCUT2D eigenvalue weighted by Crippen LogP contribution is 2.14. The molecule has 0 atom stereocenters. The van der Waals surface area contributed by atoms with Gasteiger partial charge in [0.2, 0.25) is 0 Å². The molecule has 0 saturated carbocycles. The van der Waals surface area contributed by atoms with Gasteiger partial charge in [0.1, 0.15) is 5.60 Å². The zero-order valence-corrected chi connectivity index (χ0v) is 13.5. The molecule has 1 N–H and O–H groups in total. The van der Waals surface area contributed by atoms with Crippen LogP contribution in [-0.2, 0) is 20.7 Å². The van der Waals surface area contributed by atoms with Crippen molar-refractivity contribution in [3.05, 3.63) is 29.8 Å². The number of rotatable bonds is 8. The van der Waals surface area contributed by atoms with Crippen LogP contribution in [0.2, 0.25) is 0 Å². The molecule has 0 aliphatic heterocycles. The predicted molar refractivity (Wildman–Crippen MR) is 85.5 cm³/mol. The minimum Gasteiger partial charge on any atom is -0.457 e. The number of carbonyl (C=O) groups is 1. The molecule has 0 unspecified atom stereocenters. The van der Waals surface area contributed by atoms with Crippen LogP contribution in [-0.4, -0.2) is 24.8 Å². The first kappa shape index (κ1) is 18.0. The summed E-state index contributed by atoms with van der Waals surface area (Å²) in [6.07, 6.45) is 3.39. The summed E-state index contributed by atoms with van der Waals surface area (Å²) in [6, 6.07) is 7.71. The van der Waals surface area contributed by atoms with Crippen LogP contribution in [0.4, 0.5) is 10.5 Å². The highest BCUT2D eigenvalue weighted by Gasteiger charge is 2.15. The lowest BCUT2D eigenvalue weighted by Gasteiger charge is -2.19. The summed E-state index contributed by atoms with van der Waals surface area (Å²) in [6.45, 7) is 7.33. The number of amides is 1. The number of anilines is 1. The van der Waals surface area contributed by atoms with Crippen molar-refractivity contribution in [2.75, 3.05) is 11.9 Å². The van der Waals surface area contributed by atoms with E-state index in [-0.39, 0.29) is 0 Å². The molecule has 0 spiro atoms. The quantitative estimate of drug-likeness (QED) is 0.741. The number of unbranched alkanes of at least 4 members (excludes halogenated alkanes) is 2. The van der Waals surface area contributed by atoms with Gasteiger partial charge >= 0.3 is 12.6 Å². The zero-order valence-electron chi connectivity index (χ0n) is 13.5. The Morgan fingerprint density at radius 2 is 1.82 bits per heavy atom. The summed E-state index contributed by atoms with van der Waals surface area (Å²) in [4.78, 5) is 21.5. The van der Waals surface area contributed by atoms with Gasteiger partial charge in [-0.1, -0.05) is 12.1 Å². The van der Waals surface area contributed by atoms with Gasteiger partial charge in [0.05, 0.1) is 6.61 Å². The number of ether oxygens (including phenoxy) is 2. The number of aryl methyl sites for hydroxylation is 1. The molecule has 5 heteroatoms. The van der Waals surface area contributed by atoms with Crippen LogP contribution in [0.5, 0.6) is 0 Å². The Kier molecular flexibility index (Phi) is 7.43. The third-order valence-electron chi connectivity index (χ3n) is 2.87. The van der Waals surface area contributed by atoms with Crippen LogP contribution in [0, 0.1) is 0 Å². The molecular formula is C17H24NO4. The third kappa shape index (κ3) is 8.29. The smallest absolute Gasteiger partial charge is 0.417 e. The van der Waals surface area contributed by atoms with Gasteiger partial charge in [0.15, 0.2) is 0 Å². The van der Waals surface area contributed by atoms with Crippen molar-refractivity contribution in [1.29, 1.82) is 0 Å². The highest BCUT2D eigenvalue weighted by molar-refractivity contribution is 5.84. The topological polar surface area (TPSA) is 64.6 Å². The molecule has 0 saturated heterocycles. The maximum Gasteiger partial charge on any atom is 0.417 e. The van der Waals surface area contributed by atoms with Crippen molar-refractivity contribution >= 4 is 18.3 Å². The highest BCUT2D eigenvalue weighted by atomic mass is 16.6. The number of carbonyl (C=O) groups excluding carboxylic acids is 2. The van der Waals surface area contributed by atoms with Crippen molar-refractivity contribution in [3.8, 4) is 0 Å². The summed E-state index contributed by atoms with van der Waals surface area (Å²) in [5.41, 5.74) is 1.42. The SMILES string of the molecule is CC(C)(C)OC(=O)Nc1ccc(CCCCCO[C]=O)cc1. The van der Waals surface area contributed by atoms with Crippen LogP contribution in [0.3, 0.4) is 0 Å². The second-order valence-electron chi connectivity index (χ2n) is 6.07. The summed E-state index contributed by atoms with van der Waals surface area (Å²) in [7, 11) is 0. The van der Waals surface area contributed by atoms with Crippen LogP contribution in [0.25, 0.3) is 0 Å². The van der Waals surface area contributed by atoms with E-state index >= 15 is 0 Å². The fraction of sp³-hybridized carbons (Fsp3) is 0.529. The lowest BCUT2D eigenvalue weighted by Crippen LogP contribution is -2.27. The van der Waals surface area contributed by atoms with Crippen LogP contribution in [0.1, 0.15) is 45.6 Å². The molecule has 0 fully saturated rings. The lowest BCUT2D eigenvalue weighted by molar-refractivity contribution is 0.0636. The van der Waals surface area contributed by atoms with Crippen molar-refractivity contribution < 1.29 is 19.1 Å². The first-order valence-corrected chi connectivity index (χ1v) is 7.48. The Hall–Kier alpha value is -2.04. The summed E-state index contributed by atoms with van der Waals surface area (Å²) < 4.78 is 9.71. The molecule has 0 aliphatic rings. The summed E-state index contributed by atoms with van der Waals surface area (Å²) in [5.74, 6) is 0. The Morgan fingerprint density at radius 1 is 1.14 bits per heavy atom. The van der Waals surface area contributed by atoms with E-state index in [1.807, 2.05) is 45.0 Å². The molecule has 1 amide bonds. The summed E-state index contributed by atoms with van der Waals surface area (Å²) >= 11 is 0. The molecule has 5 nitrogen and oxygen atoms in total. The Labute approximate surface area is 132 Å². The van der Waals surface area contributed by atoms with Gasteiger partial charge in [-0.3, -0.25) is 5.32 Å². The molecule has 1 radical (unpaired) electrons. The molecule has 22 heavy (non-hydrogen) atoms. The van der Waals surface area contributed by atoms with Gasteiger partial charge in [-0.25, -0.2) is 9.59 Å². The fourth-order valence-electron chi connectivity index (χ4n) is 1.90. The first-order valence-electron chi connectivity index (χ1n) is 7.48. The van der Waals surface area contributed by atoms with E-state index in [2.05, 4.69) is 10.1 Å². The van der Waals surface area contributed by atoms with Crippen molar-refractivity contribution in [2.24, 2.45) is 0 Å². The van der Waals surface area contributed by atoms with Crippen molar-refractivity contribution in [2.45, 2.75) is 52.1 Å². The monoisotopic (exact) mass is 306 g/mol. The number of hydrogen-bond donors (Lipinski definition) is 1. The maximum atomic E-state index is 11.6. The van der Waals surface area contributed by atoms with E-state index in [1.165, 1.54) is 12.0 Å². The van der Waals surface area contributed by atoms with E-state index in [0.29, 0.717) is 12.3 Å². The van der Waals surface area contributed by atoms with E-state index < -0.39 is 11.7 Å². The van der Waals surface area contributed by atoms with Gasteiger partial charge in [0, 0.05) is 5.69 Å². The third-order valence-corrected chi connectivity index (χ3v) is 2.87. The van der Waals surface area contributed by atoms with Gasteiger partial charge in [-0.2, -0.15) is 0 Å². The Morgan fingerprint density at radius 3 is 2.41 bits per heavy atom.